The molecule has 0 aromatic carbocycles. The molecule has 1 saturated heterocycles. The molecule has 1 heterocycles. The summed E-state index contributed by atoms with van der Waals surface area (Å²) in [6.45, 7) is 4.27. The number of nitrogens with one attached hydrogen (secondary N) is 2. The molecule has 0 aromatic rings. The third-order valence-corrected chi connectivity index (χ3v) is 7.28. The number of hydrogen-bond acceptors (Lipinski definition) is 2. The number of likely N-dealkylation sites (N-methyl/N-ethyl adjacent to an activating group) is 1. The molecule has 2 N–H and O–H groups in total. The zero-order valence-electron chi connectivity index (χ0n) is 22.7. The highest BCUT2D eigenvalue weighted by molar-refractivity contribution is 5.78. The summed E-state index contributed by atoms with van der Waals surface area (Å²) in [4.78, 5) is 25.1. The van der Waals surface area contributed by atoms with Crippen LogP contribution in [0.1, 0.15) is 129 Å². The van der Waals surface area contributed by atoms with Crippen molar-refractivity contribution in [3.05, 3.63) is 0 Å². The van der Waals surface area contributed by atoms with E-state index in [-0.39, 0.29) is 24.0 Å². The maximum absolute atomic E-state index is 12.6. The van der Waals surface area contributed by atoms with Crippen molar-refractivity contribution in [3.63, 3.8) is 0 Å². The molecular weight excluding hydrogens is 410 g/mol. The summed E-state index contributed by atoms with van der Waals surface area (Å²) in [5.41, 5.74) is 0. The number of carbonyl (C=O) groups is 2. The molecular formula is C28H56N3O2+. The topological polar surface area (TPSA) is 58.2 Å². The van der Waals surface area contributed by atoms with Crippen LogP contribution in [0, 0.1) is 5.92 Å². The van der Waals surface area contributed by atoms with Crippen LogP contribution in [0.5, 0.6) is 0 Å². The van der Waals surface area contributed by atoms with Gasteiger partial charge in [0.05, 0.1) is 27.2 Å². The summed E-state index contributed by atoms with van der Waals surface area (Å²) < 4.78 is 0.593. The Morgan fingerprint density at radius 1 is 0.697 bits per heavy atom. The third-order valence-electron chi connectivity index (χ3n) is 7.28. The maximum atomic E-state index is 12.6. The lowest BCUT2D eigenvalue weighted by Gasteiger charge is -2.38. The molecule has 1 aliphatic rings. The first-order chi connectivity index (χ1) is 15.7. The summed E-state index contributed by atoms with van der Waals surface area (Å²) in [6.07, 6.45) is 21.8. The lowest BCUT2D eigenvalue weighted by Crippen LogP contribution is -2.63. The molecule has 33 heavy (non-hydrogen) atoms. The van der Waals surface area contributed by atoms with Gasteiger partial charge in [-0.25, -0.2) is 0 Å². The van der Waals surface area contributed by atoms with Gasteiger partial charge in [0.15, 0.2) is 6.17 Å². The Labute approximate surface area is 205 Å². The number of rotatable bonds is 15. The van der Waals surface area contributed by atoms with Gasteiger partial charge >= 0.3 is 0 Å². The van der Waals surface area contributed by atoms with E-state index < -0.39 is 0 Å². The Morgan fingerprint density at radius 2 is 1.12 bits per heavy atom. The van der Waals surface area contributed by atoms with Crippen molar-refractivity contribution in [2.24, 2.45) is 5.92 Å². The molecule has 3 atom stereocenters. The van der Waals surface area contributed by atoms with E-state index >= 15 is 0 Å². The molecule has 3 unspecified atom stereocenters. The van der Waals surface area contributed by atoms with Crippen molar-refractivity contribution in [3.8, 4) is 0 Å². The van der Waals surface area contributed by atoms with E-state index in [1.54, 1.807) is 0 Å². The Balaban J connectivity index is 2.23. The molecule has 0 radical (unpaired) electrons. The SMILES string of the molecule is CCCCCCCCCCCCCCCC1CCC(=O)NC(C)C([N+](C)(C)C)NC(=O)CC1. The van der Waals surface area contributed by atoms with Crippen LogP contribution in [0.2, 0.25) is 0 Å². The standard InChI is InChI=1S/C28H55N3O2/c1-6-7-8-9-10-11-12-13-14-15-16-17-18-19-25-20-22-26(32)29-24(2)28(31(3,4)5)30-27(33)23-21-25/h24-25,28H,6-23H2,1-5H3,(H-,29,30,32,33)/p+1. The van der Waals surface area contributed by atoms with E-state index in [4.69, 9.17) is 0 Å². The fourth-order valence-electron chi connectivity index (χ4n) is 5.19. The second-order valence-corrected chi connectivity index (χ2v) is 11.5. The van der Waals surface area contributed by atoms with Gasteiger partial charge in [0.1, 0.15) is 0 Å². The average molecular weight is 467 g/mol. The molecule has 194 valence electrons. The van der Waals surface area contributed by atoms with Gasteiger partial charge < -0.3 is 15.1 Å². The second kappa shape index (κ2) is 17.4. The van der Waals surface area contributed by atoms with Crippen LogP contribution in [0.4, 0.5) is 0 Å². The first-order valence-electron chi connectivity index (χ1n) is 14.1. The molecule has 1 fully saturated rings. The van der Waals surface area contributed by atoms with Gasteiger partial charge in [-0.1, -0.05) is 96.8 Å². The minimum Gasteiger partial charge on any atom is -0.346 e. The van der Waals surface area contributed by atoms with E-state index in [0.29, 0.717) is 23.2 Å². The van der Waals surface area contributed by atoms with Crippen molar-refractivity contribution in [1.82, 2.24) is 10.6 Å². The van der Waals surface area contributed by atoms with Crippen LogP contribution in [-0.4, -0.2) is 49.6 Å². The van der Waals surface area contributed by atoms with Crippen LogP contribution in [0.25, 0.3) is 0 Å². The Hall–Kier alpha value is -1.10. The minimum absolute atomic E-state index is 0.0842. The van der Waals surface area contributed by atoms with E-state index in [0.717, 1.165) is 19.3 Å². The summed E-state index contributed by atoms with van der Waals surface area (Å²) in [5.74, 6) is 0.712. The lowest BCUT2D eigenvalue weighted by atomic mass is 9.91. The van der Waals surface area contributed by atoms with E-state index in [9.17, 15) is 9.59 Å². The maximum Gasteiger partial charge on any atom is 0.224 e. The summed E-state index contributed by atoms with van der Waals surface area (Å²) >= 11 is 0. The van der Waals surface area contributed by atoms with E-state index in [2.05, 4.69) is 38.7 Å². The van der Waals surface area contributed by atoms with Crippen molar-refractivity contribution in [1.29, 1.82) is 0 Å². The van der Waals surface area contributed by atoms with Crippen LogP contribution in [-0.2, 0) is 9.59 Å². The van der Waals surface area contributed by atoms with Crippen molar-refractivity contribution in [2.75, 3.05) is 21.1 Å². The van der Waals surface area contributed by atoms with Crippen molar-refractivity contribution >= 4 is 11.8 Å². The van der Waals surface area contributed by atoms with Crippen LogP contribution >= 0.6 is 0 Å². The monoisotopic (exact) mass is 466 g/mol. The van der Waals surface area contributed by atoms with Crippen LogP contribution < -0.4 is 10.6 Å². The van der Waals surface area contributed by atoms with Gasteiger partial charge in [0, 0.05) is 12.8 Å². The fourth-order valence-corrected chi connectivity index (χ4v) is 5.19. The highest BCUT2D eigenvalue weighted by Crippen LogP contribution is 2.23. The average Bonchev–Trinajstić information content (AvgIpc) is 2.77. The molecule has 1 aliphatic heterocycles. The molecule has 0 bridgehead atoms. The van der Waals surface area contributed by atoms with Crippen molar-refractivity contribution in [2.45, 2.75) is 142 Å². The number of carbonyl (C=O) groups excluding carboxylic acids is 2. The smallest absolute Gasteiger partial charge is 0.224 e. The Morgan fingerprint density at radius 3 is 1.58 bits per heavy atom. The molecule has 0 saturated carbocycles. The minimum atomic E-state index is -0.112. The first kappa shape index (κ1) is 29.9. The molecule has 5 heteroatoms. The normalized spacial score (nSPS) is 23.0. The summed E-state index contributed by atoms with van der Waals surface area (Å²) in [7, 11) is 6.18. The van der Waals surface area contributed by atoms with Crippen molar-refractivity contribution < 1.29 is 14.1 Å². The largest absolute Gasteiger partial charge is 0.346 e. The zero-order chi connectivity index (χ0) is 24.5. The summed E-state index contributed by atoms with van der Waals surface area (Å²) in [6, 6.07) is -0.0842. The third kappa shape index (κ3) is 14.7. The first-order valence-corrected chi connectivity index (χ1v) is 14.1. The van der Waals surface area contributed by atoms with Gasteiger partial charge in [0.25, 0.3) is 0 Å². The quantitative estimate of drug-likeness (QED) is 0.219. The number of nitrogens with zero attached hydrogens (tertiary/aromatic N) is 1. The van der Waals surface area contributed by atoms with Crippen LogP contribution in [0.15, 0.2) is 0 Å². The van der Waals surface area contributed by atoms with Gasteiger partial charge in [-0.2, -0.15) is 0 Å². The van der Waals surface area contributed by atoms with Gasteiger partial charge in [-0.05, 0) is 25.7 Å². The van der Waals surface area contributed by atoms with Gasteiger partial charge in [-0.3, -0.25) is 9.59 Å². The highest BCUT2D eigenvalue weighted by Gasteiger charge is 2.33. The van der Waals surface area contributed by atoms with Gasteiger partial charge in [-0.15, -0.1) is 0 Å². The lowest BCUT2D eigenvalue weighted by molar-refractivity contribution is -0.899. The molecule has 0 aromatic heterocycles. The molecule has 2 amide bonds. The van der Waals surface area contributed by atoms with E-state index in [1.807, 2.05) is 6.92 Å². The molecule has 0 aliphatic carbocycles. The van der Waals surface area contributed by atoms with Crippen LogP contribution in [0.3, 0.4) is 0 Å². The number of quaternary nitrogens is 1. The molecule has 0 spiro atoms. The Bertz CT molecular complexity index is 530. The van der Waals surface area contributed by atoms with Gasteiger partial charge in [0.2, 0.25) is 11.8 Å². The highest BCUT2D eigenvalue weighted by atomic mass is 16.2. The fraction of sp³-hybridized carbons (Fsp3) is 0.929. The number of amides is 2. The Kier molecular flexibility index (Phi) is 15.7. The zero-order valence-corrected chi connectivity index (χ0v) is 22.7. The predicted molar refractivity (Wildman–Crippen MR) is 140 cm³/mol. The molecule has 1 rings (SSSR count). The predicted octanol–water partition coefficient (Wildman–Crippen LogP) is 6.31. The second-order valence-electron chi connectivity index (χ2n) is 11.5. The number of hydrogen-bond donors (Lipinski definition) is 2. The van der Waals surface area contributed by atoms with E-state index in [1.165, 1.54) is 83.5 Å². The summed E-state index contributed by atoms with van der Waals surface area (Å²) in [5, 5.41) is 6.30. The number of unbranched alkanes of at least 4 members (excludes halogenated alkanes) is 12. The molecule has 5 nitrogen and oxygen atoms in total.